The molecule has 0 aliphatic rings. The van der Waals surface area contributed by atoms with Gasteiger partial charge in [0.05, 0.1) is 6.61 Å². The molecule has 1 N–H and O–H groups in total. The van der Waals surface area contributed by atoms with Gasteiger partial charge in [0.2, 0.25) is 5.88 Å². The number of hydrogen-bond acceptors (Lipinski definition) is 6. The van der Waals surface area contributed by atoms with Crippen molar-refractivity contribution in [3.63, 3.8) is 0 Å². The highest BCUT2D eigenvalue weighted by molar-refractivity contribution is 7.98. The third kappa shape index (κ3) is 5.55. The molecule has 18 heavy (non-hydrogen) atoms. The topological polar surface area (TPSA) is 50.3 Å². The van der Waals surface area contributed by atoms with Gasteiger partial charge in [0, 0.05) is 19.2 Å². The van der Waals surface area contributed by atoms with Crippen molar-refractivity contribution in [3.8, 4) is 5.88 Å². The first-order chi connectivity index (χ1) is 8.65. The van der Waals surface area contributed by atoms with Gasteiger partial charge in [-0.3, -0.25) is 0 Å². The van der Waals surface area contributed by atoms with Crippen LogP contribution >= 0.6 is 11.8 Å². The Kier molecular flexibility index (Phi) is 6.82. The molecule has 0 spiro atoms. The Labute approximate surface area is 113 Å². The third-order valence-corrected chi connectivity index (χ3v) is 2.77. The molecule has 0 saturated heterocycles. The molecular formula is C12H22N4OS. The quantitative estimate of drug-likeness (QED) is 0.443. The summed E-state index contributed by atoms with van der Waals surface area (Å²) in [6.07, 6.45) is 2.95. The molecular weight excluding hydrogens is 248 g/mol. The first kappa shape index (κ1) is 15.0. The lowest BCUT2D eigenvalue weighted by Crippen LogP contribution is -2.15. The molecule has 0 radical (unpaired) electrons. The lowest BCUT2D eigenvalue weighted by Gasteiger charge is -2.11. The fraction of sp³-hybridized carbons (Fsp3) is 0.667. The summed E-state index contributed by atoms with van der Waals surface area (Å²) in [5, 5.41) is 3.91. The van der Waals surface area contributed by atoms with Gasteiger partial charge >= 0.3 is 0 Å². The molecule has 0 amide bonds. The number of nitrogens with zero attached hydrogens (tertiary/aromatic N) is 3. The Morgan fingerprint density at radius 2 is 2.17 bits per heavy atom. The van der Waals surface area contributed by atoms with Crippen LogP contribution in [-0.4, -0.2) is 54.9 Å². The van der Waals surface area contributed by atoms with E-state index in [1.807, 2.05) is 19.2 Å². The molecule has 0 bridgehead atoms. The van der Waals surface area contributed by atoms with E-state index in [9.17, 15) is 0 Å². The van der Waals surface area contributed by atoms with Gasteiger partial charge < -0.3 is 15.0 Å². The highest BCUT2D eigenvalue weighted by Crippen LogP contribution is 2.18. The first-order valence-electron chi connectivity index (χ1n) is 6.10. The summed E-state index contributed by atoms with van der Waals surface area (Å²) in [5.74, 6) is 1.46. The predicted molar refractivity (Wildman–Crippen MR) is 76.6 cm³/mol. The minimum absolute atomic E-state index is 0.643. The van der Waals surface area contributed by atoms with Gasteiger partial charge in [-0.05, 0) is 33.7 Å². The maximum atomic E-state index is 5.65. The number of hydrogen-bond donors (Lipinski definition) is 1. The van der Waals surface area contributed by atoms with Crippen LogP contribution in [0.25, 0.3) is 0 Å². The van der Waals surface area contributed by atoms with Gasteiger partial charge in [-0.15, -0.1) is 0 Å². The Hall–Kier alpha value is -1.01. The molecule has 0 atom stereocenters. The van der Waals surface area contributed by atoms with E-state index in [2.05, 4.69) is 34.3 Å². The van der Waals surface area contributed by atoms with Crippen LogP contribution in [0.5, 0.6) is 5.88 Å². The summed E-state index contributed by atoms with van der Waals surface area (Å²) in [6.45, 7) is 4.57. The average Bonchev–Trinajstić information content (AvgIpc) is 2.34. The van der Waals surface area contributed by atoms with Gasteiger partial charge in [-0.2, -0.15) is 4.98 Å². The highest BCUT2D eigenvalue weighted by atomic mass is 32.2. The largest absolute Gasteiger partial charge is 0.477 e. The van der Waals surface area contributed by atoms with Gasteiger partial charge in [-0.1, -0.05) is 11.8 Å². The normalized spacial score (nSPS) is 10.7. The molecule has 1 rings (SSSR count). The number of anilines is 1. The van der Waals surface area contributed by atoms with Gasteiger partial charge in [-0.25, -0.2) is 4.98 Å². The lowest BCUT2D eigenvalue weighted by atomic mass is 10.4. The lowest BCUT2D eigenvalue weighted by molar-refractivity contribution is 0.271. The molecule has 5 nitrogen and oxygen atoms in total. The zero-order valence-corrected chi connectivity index (χ0v) is 12.4. The number of aromatic nitrogens is 2. The molecule has 1 aromatic heterocycles. The maximum absolute atomic E-state index is 5.65. The van der Waals surface area contributed by atoms with Crippen molar-refractivity contribution in [2.45, 2.75) is 18.5 Å². The summed E-state index contributed by atoms with van der Waals surface area (Å²) < 4.78 is 5.65. The van der Waals surface area contributed by atoms with Crippen molar-refractivity contribution >= 4 is 17.6 Å². The smallest absolute Gasteiger partial charge is 0.219 e. The summed E-state index contributed by atoms with van der Waals surface area (Å²) in [5.41, 5.74) is 0. The molecule has 0 aliphatic heterocycles. The summed E-state index contributed by atoms with van der Waals surface area (Å²) >= 11 is 1.52. The molecule has 0 unspecified atom stereocenters. The number of thioether (sulfide) groups is 1. The van der Waals surface area contributed by atoms with Crippen LogP contribution in [0, 0.1) is 0 Å². The Balaban J connectivity index is 2.55. The van der Waals surface area contributed by atoms with Crippen LogP contribution in [0.15, 0.2) is 11.2 Å². The summed E-state index contributed by atoms with van der Waals surface area (Å²) in [6, 6.07) is 1.85. The molecule has 0 aliphatic carbocycles. The highest BCUT2D eigenvalue weighted by Gasteiger charge is 2.04. The zero-order chi connectivity index (χ0) is 13.4. The van der Waals surface area contributed by atoms with Crippen LogP contribution in [0.2, 0.25) is 0 Å². The Morgan fingerprint density at radius 3 is 2.78 bits per heavy atom. The van der Waals surface area contributed by atoms with E-state index in [4.69, 9.17) is 4.74 Å². The van der Waals surface area contributed by atoms with Crippen LogP contribution in [0.3, 0.4) is 0 Å². The molecule has 0 saturated carbocycles. The van der Waals surface area contributed by atoms with Crippen LogP contribution < -0.4 is 10.1 Å². The maximum Gasteiger partial charge on any atom is 0.219 e. The van der Waals surface area contributed by atoms with Crippen LogP contribution in [-0.2, 0) is 0 Å². The van der Waals surface area contributed by atoms with Crippen molar-refractivity contribution in [2.24, 2.45) is 0 Å². The van der Waals surface area contributed by atoms with Crippen molar-refractivity contribution in [3.05, 3.63) is 6.07 Å². The fourth-order valence-electron chi connectivity index (χ4n) is 1.40. The standard InChI is InChI=1S/C12H22N4OS/c1-5-13-10-9-11(15-12(14-10)18-4)17-8-6-7-16(2)3/h9H,5-8H2,1-4H3,(H,13,14,15). The molecule has 0 aromatic carbocycles. The second-order valence-corrected chi connectivity index (χ2v) is 4.89. The van der Waals surface area contributed by atoms with E-state index in [0.717, 1.165) is 30.5 Å². The number of ether oxygens (including phenoxy) is 1. The molecule has 0 fully saturated rings. The predicted octanol–water partition coefficient (Wildman–Crippen LogP) is 1.96. The monoisotopic (exact) mass is 270 g/mol. The molecule has 6 heteroatoms. The second kappa shape index (κ2) is 8.16. The Bertz CT molecular complexity index is 360. The van der Waals surface area contributed by atoms with Crippen molar-refractivity contribution < 1.29 is 4.74 Å². The fourth-order valence-corrected chi connectivity index (χ4v) is 1.77. The Morgan fingerprint density at radius 1 is 1.39 bits per heavy atom. The number of rotatable bonds is 8. The van der Waals surface area contributed by atoms with E-state index in [1.54, 1.807) is 0 Å². The number of nitrogens with one attached hydrogen (secondary N) is 1. The zero-order valence-electron chi connectivity index (χ0n) is 11.6. The summed E-state index contributed by atoms with van der Waals surface area (Å²) in [7, 11) is 4.11. The molecule has 1 aromatic rings. The second-order valence-electron chi connectivity index (χ2n) is 4.11. The minimum atomic E-state index is 0.643. The van der Waals surface area contributed by atoms with Crippen molar-refractivity contribution in [1.82, 2.24) is 14.9 Å². The van der Waals surface area contributed by atoms with Gasteiger partial charge in [0.25, 0.3) is 0 Å². The van der Waals surface area contributed by atoms with Crippen LogP contribution in [0.1, 0.15) is 13.3 Å². The molecule has 102 valence electrons. The van der Waals surface area contributed by atoms with E-state index in [1.165, 1.54) is 11.8 Å². The van der Waals surface area contributed by atoms with Gasteiger partial charge in [0.1, 0.15) is 5.82 Å². The van der Waals surface area contributed by atoms with Crippen molar-refractivity contribution in [1.29, 1.82) is 0 Å². The van der Waals surface area contributed by atoms with E-state index in [-0.39, 0.29) is 0 Å². The first-order valence-corrected chi connectivity index (χ1v) is 7.32. The van der Waals surface area contributed by atoms with E-state index >= 15 is 0 Å². The van der Waals surface area contributed by atoms with Crippen LogP contribution in [0.4, 0.5) is 5.82 Å². The van der Waals surface area contributed by atoms with Crippen molar-refractivity contribution in [2.75, 3.05) is 45.4 Å². The third-order valence-electron chi connectivity index (χ3n) is 2.22. The van der Waals surface area contributed by atoms with E-state index in [0.29, 0.717) is 12.5 Å². The summed E-state index contributed by atoms with van der Waals surface area (Å²) in [4.78, 5) is 10.8. The average molecular weight is 270 g/mol. The van der Waals surface area contributed by atoms with E-state index < -0.39 is 0 Å². The SMILES string of the molecule is CCNc1cc(OCCCN(C)C)nc(SC)n1. The molecule has 1 heterocycles. The van der Waals surface area contributed by atoms with Gasteiger partial charge in [0.15, 0.2) is 5.16 Å². The minimum Gasteiger partial charge on any atom is -0.477 e.